The number of hydrogen-bond acceptors (Lipinski definition) is 5. The van der Waals surface area contributed by atoms with Crippen molar-refractivity contribution in [2.75, 3.05) is 11.4 Å². The van der Waals surface area contributed by atoms with Gasteiger partial charge < -0.3 is 9.32 Å². The smallest absolute Gasteiger partial charge is 0.332 e. The molecule has 2 atom stereocenters. The van der Waals surface area contributed by atoms with Gasteiger partial charge in [-0.05, 0) is 30.9 Å². The Balaban J connectivity index is 2.19. The van der Waals surface area contributed by atoms with Gasteiger partial charge in [0.05, 0.1) is 6.04 Å². The molecule has 0 radical (unpaired) electrons. The number of rotatable bonds is 3. The van der Waals surface area contributed by atoms with E-state index in [1.165, 1.54) is 11.6 Å². The van der Waals surface area contributed by atoms with Gasteiger partial charge in [0.25, 0.3) is 5.56 Å². The van der Waals surface area contributed by atoms with Crippen LogP contribution < -0.4 is 16.1 Å². The Bertz CT molecular complexity index is 976. The van der Waals surface area contributed by atoms with E-state index < -0.39 is 11.2 Å². The summed E-state index contributed by atoms with van der Waals surface area (Å²) in [6.07, 6.45) is 2.56. The minimum atomic E-state index is -0.559. The van der Waals surface area contributed by atoms with Crippen LogP contribution in [0.1, 0.15) is 49.8 Å². The summed E-state index contributed by atoms with van der Waals surface area (Å²) in [6, 6.07) is 5.81. The summed E-state index contributed by atoms with van der Waals surface area (Å²) in [5.74, 6) is 2.58. The van der Waals surface area contributed by atoms with Gasteiger partial charge in [-0.25, -0.2) is 4.79 Å². The molecule has 7 heteroatoms. The zero-order valence-electron chi connectivity index (χ0n) is 15.7. The highest BCUT2D eigenvalue weighted by Gasteiger charge is 2.34. The van der Waals surface area contributed by atoms with Crippen LogP contribution >= 0.6 is 0 Å². The summed E-state index contributed by atoms with van der Waals surface area (Å²) < 4.78 is 8.35. The zero-order chi connectivity index (χ0) is 19.0. The number of piperidine rings is 1. The number of nitriles is 1. The highest BCUT2D eigenvalue weighted by atomic mass is 16.3. The van der Waals surface area contributed by atoms with Gasteiger partial charge in [-0.2, -0.15) is 5.26 Å². The standard InChI is InChI=1S/C19H24N4O3/c1-5-13-6-7-16(26-13)15-10-12(2)8-9-23(15)17-14(11-20)18(24)22(4)19(25)21(17)3/h6-7,12,15H,5,8-10H2,1-4H3. The molecular formula is C19H24N4O3. The number of furan rings is 1. The van der Waals surface area contributed by atoms with E-state index in [1.807, 2.05) is 30.0 Å². The highest BCUT2D eigenvalue weighted by Crippen LogP contribution is 2.38. The Morgan fingerprint density at radius 3 is 2.62 bits per heavy atom. The Morgan fingerprint density at radius 1 is 1.27 bits per heavy atom. The van der Waals surface area contributed by atoms with E-state index in [2.05, 4.69) is 6.92 Å². The van der Waals surface area contributed by atoms with E-state index in [4.69, 9.17) is 4.42 Å². The first kappa shape index (κ1) is 18.1. The molecule has 0 aromatic carbocycles. The average molecular weight is 356 g/mol. The third-order valence-electron chi connectivity index (χ3n) is 5.24. The molecule has 1 aliphatic heterocycles. The lowest BCUT2D eigenvalue weighted by molar-refractivity contribution is 0.318. The van der Waals surface area contributed by atoms with Crippen molar-refractivity contribution in [1.29, 1.82) is 5.26 Å². The van der Waals surface area contributed by atoms with Crippen LogP contribution in [0.5, 0.6) is 0 Å². The fraction of sp³-hybridized carbons (Fsp3) is 0.526. The van der Waals surface area contributed by atoms with Crippen molar-refractivity contribution in [3.8, 4) is 6.07 Å². The Morgan fingerprint density at radius 2 is 2.00 bits per heavy atom. The number of aryl methyl sites for hydroxylation is 1. The maximum Gasteiger partial charge on any atom is 0.332 e. The van der Waals surface area contributed by atoms with Crippen LogP contribution in [-0.4, -0.2) is 15.7 Å². The molecule has 2 unspecified atom stereocenters. The second kappa shape index (κ2) is 6.87. The first-order valence-corrected chi connectivity index (χ1v) is 8.94. The third kappa shape index (κ3) is 2.85. The van der Waals surface area contributed by atoms with E-state index in [0.717, 1.165) is 35.4 Å². The summed E-state index contributed by atoms with van der Waals surface area (Å²) in [7, 11) is 3.00. The first-order chi connectivity index (χ1) is 12.4. The maximum absolute atomic E-state index is 12.5. The number of nitrogens with zero attached hydrogens (tertiary/aromatic N) is 4. The fourth-order valence-corrected chi connectivity index (χ4v) is 3.70. The monoisotopic (exact) mass is 356 g/mol. The molecule has 1 saturated heterocycles. The van der Waals surface area contributed by atoms with Crippen molar-refractivity contribution < 1.29 is 4.42 Å². The largest absolute Gasteiger partial charge is 0.464 e. The minimum Gasteiger partial charge on any atom is -0.464 e. The van der Waals surface area contributed by atoms with Crippen LogP contribution in [0.3, 0.4) is 0 Å². The molecule has 0 N–H and O–H groups in total. The van der Waals surface area contributed by atoms with Gasteiger partial charge >= 0.3 is 5.69 Å². The van der Waals surface area contributed by atoms with E-state index in [0.29, 0.717) is 18.3 Å². The quantitative estimate of drug-likeness (QED) is 0.841. The molecule has 0 saturated carbocycles. The molecule has 0 spiro atoms. The molecule has 26 heavy (non-hydrogen) atoms. The van der Waals surface area contributed by atoms with Crippen molar-refractivity contribution >= 4 is 5.82 Å². The van der Waals surface area contributed by atoms with E-state index in [1.54, 1.807) is 7.05 Å². The van der Waals surface area contributed by atoms with Crippen molar-refractivity contribution in [1.82, 2.24) is 9.13 Å². The highest BCUT2D eigenvalue weighted by molar-refractivity contribution is 5.55. The molecular weight excluding hydrogens is 332 g/mol. The number of anilines is 1. The lowest BCUT2D eigenvalue weighted by atomic mass is 9.91. The fourth-order valence-electron chi connectivity index (χ4n) is 3.70. The zero-order valence-corrected chi connectivity index (χ0v) is 15.7. The van der Waals surface area contributed by atoms with Crippen molar-refractivity contribution in [2.45, 2.75) is 39.2 Å². The van der Waals surface area contributed by atoms with Gasteiger partial charge in [0.1, 0.15) is 23.4 Å². The summed E-state index contributed by atoms with van der Waals surface area (Å²) >= 11 is 0. The van der Waals surface area contributed by atoms with Gasteiger partial charge in [-0.3, -0.25) is 13.9 Å². The molecule has 3 rings (SSSR count). The molecule has 0 aliphatic carbocycles. The number of aromatic nitrogens is 2. The predicted octanol–water partition coefficient (Wildman–Crippen LogP) is 2.09. The Kier molecular flexibility index (Phi) is 4.77. The molecule has 1 aliphatic rings. The topological polar surface area (TPSA) is 84.2 Å². The van der Waals surface area contributed by atoms with Gasteiger partial charge in [0, 0.05) is 27.1 Å². The SMILES string of the molecule is CCc1ccc(C2CC(C)CCN2c2c(C#N)c(=O)n(C)c(=O)n2C)o1. The summed E-state index contributed by atoms with van der Waals surface area (Å²) in [5.41, 5.74) is -0.997. The number of hydrogen-bond donors (Lipinski definition) is 0. The summed E-state index contributed by atoms with van der Waals surface area (Å²) in [6.45, 7) is 4.87. The van der Waals surface area contributed by atoms with Crippen molar-refractivity contribution in [2.24, 2.45) is 20.0 Å². The lowest BCUT2D eigenvalue weighted by Gasteiger charge is -2.39. The normalized spacial score (nSPS) is 20.2. The second-order valence-corrected chi connectivity index (χ2v) is 7.01. The minimum absolute atomic E-state index is 0.00331. The molecule has 2 aromatic heterocycles. The van der Waals surface area contributed by atoms with E-state index >= 15 is 0 Å². The van der Waals surface area contributed by atoms with Gasteiger partial charge in [-0.15, -0.1) is 0 Å². The Labute approximate surface area is 152 Å². The molecule has 7 nitrogen and oxygen atoms in total. The third-order valence-corrected chi connectivity index (χ3v) is 5.24. The second-order valence-electron chi connectivity index (χ2n) is 7.01. The molecule has 0 bridgehead atoms. The van der Waals surface area contributed by atoms with E-state index in [-0.39, 0.29) is 11.6 Å². The molecule has 0 amide bonds. The average Bonchev–Trinajstić information content (AvgIpc) is 3.12. The maximum atomic E-state index is 12.5. The van der Waals surface area contributed by atoms with Crippen LogP contribution in [0.4, 0.5) is 5.82 Å². The van der Waals surface area contributed by atoms with E-state index in [9.17, 15) is 14.9 Å². The lowest BCUT2D eigenvalue weighted by Crippen LogP contribution is -2.45. The van der Waals surface area contributed by atoms with Crippen LogP contribution in [0.15, 0.2) is 26.1 Å². The van der Waals surface area contributed by atoms with Crippen LogP contribution in [0.25, 0.3) is 0 Å². The van der Waals surface area contributed by atoms with Crippen molar-refractivity contribution in [3.63, 3.8) is 0 Å². The molecule has 138 valence electrons. The predicted molar refractivity (Wildman–Crippen MR) is 98.2 cm³/mol. The van der Waals surface area contributed by atoms with Gasteiger partial charge in [0.2, 0.25) is 0 Å². The summed E-state index contributed by atoms with van der Waals surface area (Å²) in [5, 5.41) is 9.59. The van der Waals surface area contributed by atoms with Crippen LogP contribution in [-0.2, 0) is 20.5 Å². The molecule has 3 heterocycles. The van der Waals surface area contributed by atoms with Crippen LogP contribution in [0.2, 0.25) is 0 Å². The van der Waals surface area contributed by atoms with Gasteiger partial charge in [-0.1, -0.05) is 13.8 Å². The molecule has 1 fully saturated rings. The first-order valence-electron chi connectivity index (χ1n) is 8.94. The Hall–Kier alpha value is -2.75. The summed E-state index contributed by atoms with van der Waals surface area (Å²) in [4.78, 5) is 26.9. The van der Waals surface area contributed by atoms with Gasteiger partial charge in [0.15, 0.2) is 5.56 Å². The van der Waals surface area contributed by atoms with Crippen LogP contribution in [0, 0.1) is 17.2 Å². The molecule has 2 aromatic rings. The van der Waals surface area contributed by atoms with Crippen molar-refractivity contribution in [3.05, 3.63) is 50.1 Å².